The van der Waals surface area contributed by atoms with Crippen LogP contribution < -0.4 is 14.8 Å². The number of nitrogens with one attached hydrogen (secondary N) is 1. The molecule has 2 aliphatic rings. The Morgan fingerprint density at radius 3 is 2.79 bits per heavy atom. The lowest BCUT2D eigenvalue weighted by atomic mass is 9.87. The van der Waals surface area contributed by atoms with E-state index in [9.17, 15) is 0 Å². The molecule has 1 unspecified atom stereocenters. The Bertz CT molecular complexity index is 918. The molecule has 0 amide bonds. The van der Waals surface area contributed by atoms with Crippen molar-refractivity contribution in [3.8, 4) is 17.4 Å². The standard InChI is InChI=1S/C25H34N4O3.HI/c1-3-15-31-21-9-5-6-10-22(21)32-23-20(8-7-13-27-23)17-28-24(26-4-2)29-14-11-25(18-29)12-16-30-19-25;/h5-10,13H,3-4,11-12,14-19H2,1-2H3,(H,26,28);1H. The lowest BCUT2D eigenvalue weighted by molar-refractivity contribution is 0.156. The van der Waals surface area contributed by atoms with E-state index in [0.29, 0.717) is 30.2 Å². The Hall–Kier alpha value is -2.07. The second-order valence-electron chi connectivity index (χ2n) is 8.51. The number of aliphatic imine (C=N–C) groups is 1. The fourth-order valence-electron chi connectivity index (χ4n) is 4.28. The van der Waals surface area contributed by atoms with E-state index < -0.39 is 0 Å². The van der Waals surface area contributed by atoms with E-state index in [1.165, 1.54) is 0 Å². The SMILES string of the molecule is CCCOc1ccccc1Oc1ncccc1CN=C(NCC)N1CCC2(CCOC2)C1.I. The Morgan fingerprint density at radius 2 is 2.03 bits per heavy atom. The van der Waals surface area contributed by atoms with Crippen LogP contribution in [0, 0.1) is 5.41 Å². The summed E-state index contributed by atoms with van der Waals surface area (Å²) < 4.78 is 17.7. The van der Waals surface area contributed by atoms with Gasteiger partial charge in [0.1, 0.15) is 0 Å². The van der Waals surface area contributed by atoms with Crippen LogP contribution in [0.1, 0.15) is 38.7 Å². The molecule has 0 saturated carbocycles. The molecule has 0 aliphatic carbocycles. The van der Waals surface area contributed by atoms with Crippen LogP contribution >= 0.6 is 24.0 Å². The molecule has 4 rings (SSSR count). The molecule has 2 fully saturated rings. The first-order valence-corrected chi connectivity index (χ1v) is 11.7. The molecule has 0 bridgehead atoms. The number of likely N-dealkylation sites (tertiary alicyclic amines) is 1. The fourth-order valence-corrected chi connectivity index (χ4v) is 4.28. The summed E-state index contributed by atoms with van der Waals surface area (Å²) in [5, 5.41) is 3.46. The first-order valence-electron chi connectivity index (χ1n) is 11.7. The minimum atomic E-state index is 0. The van der Waals surface area contributed by atoms with E-state index in [1.807, 2.05) is 36.4 Å². The number of halogens is 1. The van der Waals surface area contributed by atoms with E-state index in [-0.39, 0.29) is 24.0 Å². The van der Waals surface area contributed by atoms with Gasteiger partial charge in [0.15, 0.2) is 17.5 Å². The van der Waals surface area contributed by atoms with Crippen LogP contribution in [-0.4, -0.2) is 55.3 Å². The number of rotatable bonds is 8. The van der Waals surface area contributed by atoms with Crippen molar-refractivity contribution in [1.82, 2.24) is 15.2 Å². The van der Waals surface area contributed by atoms with Gasteiger partial charge in [-0.3, -0.25) is 0 Å². The van der Waals surface area contributed by atoms with E-state index in [4.69, 9.17) is 19.2 Å². The average molecular weight is 566 g/mol. The molecule has 1 atom stereocenters. The molecule has 3 heterocycles. The van der Waals surface area contributed by atoms with E-state index in [1.54, 1.807) is 6.20 Å². The van der Waals surface area contributed by atoms with Crippen LogP contribution in [0.25, 0.3) is 0 Å². The molecule has 1 N–H and O–H groups in total. The lowest BCUT2D eigenvalue weighted by Crippen LogP contribution is -2.41. The molecule has 2 aliphatic heterocycles. The maximum Gasteiger partial charge on any atom is 0.224 e. The summed E-state index contributed by atoms with van der Waals surface area (Å²) in [6.45, 7) is 9.90. The summed E-state index contributed by atoms with van der Waals surface area (Å²) in [5.74, 6) is 2.89. The van der Waals surface area contributed by atoms with E-state index >= 15 is 0 Å². The van der Waals surface area contributed by atoms with Crippen molar-refractivity contribution >= 4 is 29.9 Å². The van der Waals surface area contributed by atoms with Gasteiger partial charge >= 0.3 is 0 Å². The fraction of sp³-hybridized carbons (Fsp3) is 0.520. The minimum absolute atomic E-state index is 0. The number of hydrogen-bond donors (Lipinski definition) is 1. The number of para-hydroxylation sites is 2. The van der Waals surface area contributed by atoms with Crippen LogP contribution in [-0.2, 0) is 11.3 Å². The average Bonchev–Trinajstić information content (AvgIpc) is 3.46. The van der Waals surface area contributed by atoms with Gasteiger partial charge in [0, 0.05) is 43.4 Å². The molecular weight excluding hydrogens is 531 g/mol. The first kappa shape index (κ1) is 25.6. The summed E-state index contributed by atoms with van der Waals surface area (Å²) in [6, 6.07) is 11.7. The van der Waals surface area contributed by atoms with Crippen LogP contribution in [0.5, 0.6) is 17.4 Å². The highest BCUT2D eigenvalue weighted by Crippen LogP contribution is 2.38. The molecule has 0 radical (unpaired) electrons. The van der Waals surface area contributed by atoms with Crippen molar-refractivity contribution in [1.29, 1.82) is 0 Å². The quantitative estimate of drug-likeness (QED) is 0.280. The lowest BCUT2D eigenvalue weighted by Gasteiger charge is -2.25. The van der Waals surface area contributed by atoms with Gasteiger partial charge in [-0.05, 0) is 44.4 Å². The molecule has 1 spiro atoms. The topological polar surface area (TPSA) is 68.2 Å². The van der Waals surface area contributed by atoms with Gasteiger partial charge in [0.2, 0.25) is 5.88 Å². The summed E-state index contributed by atoms with van der Waals surface area (Å²) in [7, 11) is 0. The monoisotopic (exact) mass is 566 g/mol. The summed E-state index contributed by atoms with van der Waals surface area (Å²) in [6.07, 6.45) is 4.98. The third-order valence-electron chi connectivity index (χ3n) is 6.02. The smallest absolute Gasteiger partial charge is 0.224 e. The molecule has 33 heavy (non-hydrogen) atoms. The zero-order chi connectivity index (χ0) is 22.2. The number of benzene rings is 1. The largest absolute Gasteiger partial charge is 0.490 e. The van der Waals surface area contributed by atoms with Crippen molar-refractivity contribution in [2.45, 2.75) is 39.7 Å². The molecule has 2 saturated heterocycles. The number of aromatic nitrogens is 1. The summed E-state index contributed by atoms with van der Waals surface area (Å²) >= 11 is 0. The third kappa shape index (κ3) is 6.50. The Morgan fingerprint density at radius 1 is 1.18 bits per heavy atom. The van der Waals surface area contributed by atoms with Gasteiger partial charge in [-0.25, -0.2) is 9.98 Å². The predicted molar refractivity (Wildman–Crippen MR) is 141 cm³/mol. The highest BCUT2D eigenvalue weighted by atomic mass is 127. The van der Waals surface area contributed by atoms with Crippen molar-refractivity contribution in [2.75, 3.05) is 39.5 Å². The van der Waals surface area contributed by atoms with Gasteiger partial charge in [-0.1, -0.05) is 25.1 Å². The van der Waals surface area contributed by atoms with Gasteiger partial charge in [0.05, 0.1) is 19.8 Å². The second kappa shape index (κ2) is 12.4. The van der Waals surface area contributed by atoms with E-state index in [2.05, 4.69) is 29.0 Å². The number of nitrogens with zero attached hydrogens (tertiary/aromatic N) is 3. The third-order valence-corrected chi connectivity index (χ3v) is 6.02. The Kier molecular flexibility index (Phi) is 9.61. The molecule has 2 aromatic rings. The second-order valence-corrected chi connectivity index (χ2v) is 8.51. The predicted octanol–water partition coefficient (Wildman–Crippen LogP) is 4.86. The van der Waals surface area contributed by atoms with Gasteiger partial charge in [-0.2, -0.15) is 0 Å². The van der Waals surface area contributed by atoms with Crippen LogP contribution in [0.15, 0.2) is 47.6 Å². The molecule has 7 nitrogen and oxygen atoms in total. The van der Waals surface area contributed by atoms with Gasteiger partial charge < -0.3 is 24.4 Å². The summed E-state index contributed by atoms with van der Waals surface area (Å²) in [4.78, 5) is 11.8. The maximum absolute atomic E-state index is 6.18. The zero-order valence-corrected chi connectivity index (χ0v) is 21.9. The van der Waals surface area contributed by atoms with E-state index in [0.717, 1.165) is 69.4 Å². The molecule has 8 heteroatoms. The van der Waals surface area contributed by atoms with Crippen molar-refractivity contribution in [2.24, 2.45) is 10.4 Å². The Balaban J connectivity index is 0.00000306. The molecule has 180 valence electrons. The number of guanidine groups is 1. The van der Waals surface area contributed by atoms with Crippen LogP contribution in [0.4, 0.5) is 0 Å². The highest BCUT2D eigenvalue weighted by Gasteiger charge is 2.42. The van der Waals surface area contributed by atoms with Gasteiger partial charge in [-0.15, -0.1) is 24.0 Å². The zero-order valence-electron chi connectivity index (χ0n) is 19.6. The molecular formula is C25H35IN4O3. The van der Waals surface area contributed by atoms with Gasteiger partial charge in [0.25, 0.3) is 0 Å². The number of hydrogen-bond acceptors (Lipinski definition) is 5. The highest BCUT2D eigenvalue weighted by molar-refractivity contribution is 14.0. The molecule has 1 aromatic carbocycles. The van der Waals surface area contributed by atoms with Crippen LogP contribution in [0.3, 0.4) is 0 Å². The van der Waals surface area contributed by atoms with Crippen molar-refractivity contribution < 1.29 is 14.2 Å². The molecule has 1 aromatic heterocycles. The minimum Gasteiger partial charge on any atom is -0.490 e. The van der Waals surface area contributed by atoms with Crippen LogP contribution in [0.2, 0.25) is 0 Å². The maximum atomic E-state index is 6.18. The number of ether oxygens (including phenoxy) is 3. The van der Waals surface area contributed by atoms with Crippen molar-refractivity contribution in [3.05, 3.63) is 48.2 Å². The first-order chi connectivity index (χ1) is 15.7. The Labute approximate surface area is 213 Å². The van der Waals surface area contributed by atoms with Crippen molar-refractivity contribution in [3.63, 3.8) is 0 Å². The number of pyridine rings is 1. The normalized spacial score (nSPS) is 20.1. The summed E-state index contributed by atoms with van der Waals surface area (Å²) in [5.41, 5.74) is 1.23.